The molecule has 2 unspecified atom stereocenters. The number of nitrogens with zero attached hydrogens (tertiary/aromatic N) is 3. The number of rotatable bonds is 7. The molecule has 1 aliphatic rings. The monoisotopic (exact) mass is 378 g/mol. The lowest BCUT2D eigenvalue weighted by Crippen LogP contribution is -2.43. The molecule has 2 atom stereocenters. The number of hydrogen-bond acceptors (Lipinski definition) is 6. The number of amides is 1. The quantitative estimate of drug-likeness (QED) is 0.549. The molecular formula is C18H26N4O5. The van der Waals surface area contributed by atoms with Gasteiger partial charge in [-0.2, -0.15) is 0 Å². The van der Waals surface area contributed by atoms with Gasteiger partial charge < -0.3 is 10.4 Å². The molecule has 27 heavy (non-hydrogen) atoms. The van der Waals surface area contributed by atoms with E-state index in [4.69, 9.17) is 5.11 Å². The summed E-state index contributed by atoms with van der Waals surface area (Å²) in [6.45, 7) is 3.17. The molecule has 0 spiro atoms. The molecule has 9 heteroatoms. The minimum absolute atomic E-state index is 0.00161. The van der Waals surface area contributed by atoms with E-state index in [-0.39, 0.29) is 29.9 Å². The van der Waals surface area contributed by atoms with Gasteiger partial charge in [0.05, 0.1) is 17.5 Å². The molecule has 1 saturated heterocycles. The zero-order valence-corrected chi connectivity index (χ0v) is 15.6. The highest BCUT2D eigenvalue weighted by Gasteiger charge is 2.27. The Kier molecular flexibility index (Phi) is 7.26. The van der Waals surface area contributed by atoms with Gasteiger partial charge >= 0.3 is 5.97 Å². The first-order valence-electron chi connectivity index (χ1n) is 9.00. The van der Waals surface area contributed by atoms with Crippen LogP contribution in [0, 0.1) is 10.1 Å². The van der Waals surface area contributed by atoms with Crippen LogP contribution in [0.2, 0.25) is 0 Å². The Bertz CT molecular complexity index is 696. The number of para-hydroxylation sites is 2. The van der Waals surface area contributed by atoms with E-state index >= 15 is 0 Å². The summed E-state index contributed by atoms with van der Waals surface area (Å²) >= 11 is 0. The number of carbonyl (C=O) groups excluding carboxylic acids is 1. The number of carboxylic acid groups (broad SMARTS) is 1. The summed E-state index contributed by atoms with van der Waals surface area (Å²) in [5.74, 6) is -1.14. The molecule has 148 valence electrons. The topological polar surface area (TPSA) is 116 Å². The van der Waals surface area contributed by atoms with Crippen LogP contribution >= 0.6 is 0 Å². The van der Waals surface area contributed by atoms with Gasteiger partial charge in [0.15, 0.2) is 0 Å². The Morgan fingerprint density at radius 1 is 1.37 bits per heavy atom. The highest BCUT2D eigenvalue weighted by Crippen LogP contribution is 2.24. The van der Waals surface area contributed by atoms with Crippen molar-refractivity contribution in [1.29, 1.82) is 0 Å². The summed E-state index contributed by atoms with van der Waals surface area (Å²) < 4.78 is 0. The molecule has 2 rings (SSSR count). The standard InChI is InChI=1S/C18H26N4O5/c1-13(18(25)19-15-7-3-4-8-16(15)22(26)27)21-10-5-6-14(9-11-21)20(2)12-17(23)24/h3-4,7-8,13-14H,5-6,9-12H2,1-2H3,(H,19,25)(H,23,24). The second-order valence-electron chi connectivity index (χ2n) is 6.87. The number of benzene rings is 1. The van der Waals surface area contributed by atoms with Crippen LogP contribution in [0.4, 0.5) is 11.4 Å². The van der Waals surface area contributed by atoms with Crippen molar-refractivity contribution in [2.45, 2.75) is 38.3 Å². The van der Waals surface area contributed by atoms with Gasteiger partial charge in [0, 0.05) is 18.7 Å². The summed E-state index contributed by atoms with van der Waals surface area (Å²) in [6, 6.07) is 5.80. The van der Waals surface area contributed by atoms with Crippen LogP contribution in [-0.2, 0) is 9.59 Å². The predicted octanol–water partition coefficient (Wildman–Crippen LogP) is 1.79. The Morgan fingerprint density at radius 2 is 2.07 bits per heavy atom. The van der Waals surface area contributed by atoms with Crippen LogP contribution < -0.4 is 5.32 Å². The SMILES string of the molecule is CC(C(=O)Nc1ccccc1[N+](=O)[O-])N1CCCC(N(C)CC(=O)O)CC1. The molecule has 1 heterocycles. The normalized spacial score (nSPS) is 19.3. The number of hydrogen-bond donors (Lipinski definition) is 2. The fourth-order valence-electron chi connectivity index (χ4n) is 3.41. The Labute approximate surface area is 158 Å². The molecule has 1 aromatic rings. The molecule has 9 nitrogen and oxygen atoms in total. The van der Waals surface area contributed by atoms with E-state index in [0.717, 1.165) is 25.8 Å². The molecule has 0 aliphatic carbocycles. The molecule has 2 N–H and O–H groups in total. The zero-order chi connectivity index (χ0) is 20.0. The second kappa shape index (κ2) is 9.43. The van der Waals surface area contributed by atoms with E-state index < -0.39 is 16.9 Å². The van der Waals surface area contributed by atoms with Gasteiger partial charge in [-0.15, -0.1) is 0 Å². The average Bonchev–Trinajstić information content (AvgIpc) is 2.87. The van der Waals surface area contributed by atoms with Gasteiger partial charge in [0.1, 0.15) is 5.69 Å². The number of aliphatic carboxylic acids is 1. The molecule has 1 aromatic carbocycles. The lowest BCUT2D eigenvalue weighted by atomic mass is 10.1. The van der Waals surface area contributed by atoms with Gasteiger partial charge in [-0.1, -0.05) is 12.1 Å². The van der Waals surface area contributed by atoms with E-state index in [2.05, 4.69) is 5.32 Å². The van der Waals surface area contributed by atoms with Gasteiger partial charge in [-0.05, 0) is 45.8 Å². The van der Waals surface area contributed by atoms with Crippen LogP contribution in [0.3, 0.4) is 0 Å². The minimum Gasteiger partial charge on any atom is -0.480 e. The Morgan fingerprint density at radius 3 is 2.74 bits per heavy atom. The Balaban J connectivity index is 1.97. The summed E-state index contributed by atoms with van der Waals surface area (Å²) in [4.78, 5) is 37.9. The van der Waals surface area contributed by atoms with E-state index in [1.165, 1.54) is 12.1 Å². The van der Waals surface area contributed by atoms with Crippen molar-refractivity contribution in [3.63, 3.8) is 0 Å². The van der Waals surface area contributed by atoms with Gasteiger partial charge in [0.25, 0.3) is 5.69 Å². The first-order chi connectivity index (χ1) is 12.8. The molecule has 1 fully saturated rings. The molecule has 0 radical (unpaired) electrons. The molecular weight excluding hydrogens is 352 g/mol. The smallest absolute Gasteiger partial charge is 0.317 e. The van der Waals surface area contributed by atoms with Crippen molar-refractivity contribution in [2.75, 3.05) is 32.0 Å². The van der Waals surface area contributed by atoms with Crippen molar-refractivity contribution in [2.24, 2.45) is 0 Å². The first kappa shape index (κ1) is 20.8. The minimum atomic E-state index is -0.851. The second-order valence-corrected chi connectivity index (χ2v) is 6.87. The summed E-state index contributed by atoms with van der Waals surface area (Å²) in [7, 11) is 1.80. The number of carbonyl (C=O) groups is 2. The number of nitrogens with one attached hydrogen (secondary N) is 1. The van der Waals surface area contributed by atoms with Gasteiger partial charge in [0.2, 0.25) is 5.91 Å². The van der Waals surface area contributed by atoms with Crippen LogP contribution in [0.1, 0.15) is 26.2 Å². The maximum Gasteiger partial charge on any atom is 0.317 e. The summed E-state index contributed by atoms with van der Waals surface area (Å²) in [5, 5.41) is 22.7. The van der Waals surface area contributed by atoms with Crippen molar-refractivity contribution >= 4 is 23.3 Å². The molecule has 0 bridgehead atoms. The molecule has 1 amide bonds. The van der Waals surface area contributed by atoms with Crippen molar-refractivity contribution in [1.82, 2.24) is 9.80 Å². The van der Waals surface area contributed by atoms with Crippen molar-refractivity contribution in [3.8, 4) is 0 Å². The number of likely N-dealkylation sites (tertiary alicyclic amines) is 1. The lowest BCUT2D eigenvalue weighted by molar-refractivity contribution is -0.383. The van der Waals surface area contributed by atoms with E-state index in [0.29, 0.717) is 6.54 Å². The number of anilines is 1. The van der Waals surface area contributed by atoms with Crippen molar-refractivity contribution < 1.29 is 19.6 Å². The molecule has 0 saturated carbocycles. The summed E-state index contributed by atoms with van der Waals surface area (Å²) in [5.41, 5.74) is 0.0533. The number of carboxylic acids is 1. The maximum absolute atomic E-state index is 12.6. The summed E-state index contributed by atoms with van der Waals surface area (Å²) in [6.07, 6.45) is 2.50. The third-order valence-corrected chi connectivity index (χ3v) is 5.03. The van der Waals surface area contributed by atoms with E-state index in [1.807, 2.05) is 9.80 Å². The van der Waals surface area contributed by atoms with E-state index in [9.17, 15) is 19.7 Å². The first-order valence-corrected chi connectivity index (χ1v) is 9.00. The van der Waals surface area contributed by atoms with Crippen LogP contribution in [-0.4, -0.2) is 70.5 Å². The number of nitro benzene ring substituents is 1. The highest BCUT2D eigenvalue weighted by molar-refractivity contribution is 5.96. The molecule has 0 aromatic heterocycles. The Hall–Kier alpha value is -2.52. The number of nitro groups is 1. The van der Waals surface area contributed by atoms with Crippen molar-refractivity contribution in [3.05, 3.63) is 34.4 Å². The highest BCUT2D eigenvalue weighted by atomic mass is 16.6. The predicted molar refractivity (Wildman–Crippen MR) is 101 cm³/mol. The zero-order valence-electron chi connectivity index (χ0n) is 15.6. The maximum atomic E-state index is 12.6. The number of likely N-dealkylation sites (N-methyl/N-ethyl adjacent to an activating group) is 1. The lowest BCUT2D eigenvalue weighted by Gasteiger charge is -2.28. The third kappa shape index (κ3) is 5.73. The fraction of sp³-hybridized carbons (Fsp3) is 0.556. The third-order valence-electron chi connectivity index (χ3n) is 5.03. The van der Waals surface area contributed by atoms with Gasteiger partial charge in [-0.3, -0.25) is 29.5 Å². The fourth-order valence-corrected chi connectivity index (χ4v) is 3.41. The molecule has 1 aliphatic heterocycles. The van der Waals surface area contributed by atoms with Gasteiger partial charge in [-0.25, -0.2) is 0 Å². The van der Waals surface area contributed by atoms with Crippen LogP contribution in [0.5, 0.6) is 0 Å². The largest absolute Gasteiger partial charge is 0.480 e. The average molecular weight is 378 g/mol. The van der Waals surface area contributed by atoms with Crippen LogP contribution in [0.25, 0.3) is 0 Å². The van der Waals surface area contributed by atoms with Crippen LogP contribution in [0.15, 0.2) is 24.3 Å². The van der Waals surface area contributed by atoms with E-state index in [1.54, 1.807) is 26.1 Å².